The Balaban J connectivity index is 2.10. The average Bonchev–Trinajstić information content (AvgIpc) is 2.07. The first-order chi connectivity index (χ1) is 3.71. The van der Waals surface area contributed by atoms with E-state index in [0.717, 1.165) is 12.5 Å². The molecule has 0 aliphatic carbocycles. The molecule has 2 aliphatic rings. The minimum absolute atomic E-state index is 0.166. The van der Waals surface area contributed by atoms with Gasteiger partial charge in [-0.1, -0.05) is 6.92 Å². The lowest BCUT2D eigenvalue weighted by molar-refractivity contribution is 0.149. The van der Waals surface area contributed by atoms with Gasteiger partial charge in [-0.2, -0.15) is 5.06 Å². The van der Waals surface area contributed by atoms with Crippen molar-refractivity contribution >= 4 is 0 Å². The monoisotopic (exact) mass is 113 g/mol. The second-order valence-corrected chi connectivity index (χ2v) is 3.14. The van der Waals surface area contributed by atoms with Crippen molar-refractivity contribution in [2.24, 2.45) is 5.92 Å². The highest BCUT2D eigenvalue weighted by Gasteiger charge is 2.56. The topological polar surface area (TPSA) is 15.5 Å². The van der Waals surface area contributed by atoms with E-state index >= 15 is 0 Å². The predicted octanol–water partition coefficient (Wildman–Crippen LogP) is 0.990. The fourth-order valence-corrected chi connectivity index (χ4v) is 1.58. The maximum absolute atomic E-state index is 5.24. The Morgan fingerprint density at radius 3 is 2.75 bits per heavy atom. The molecule has 0 bridgehead atoms. The molecule has 0 aromatic rings. The lowest BCUT2D eigenvalue weighted by Crippen LogP contribution is -2.03. The molecule has 2 rings (SSSR count). The minimum Gasteiger partial charge on any atom is -0.272 e. The Kier molecular flexibility index (Phi) is 0.649. The van der Waals surface area contributed by atoms with E-state index in [-0.39, 0.29) is 5.72 Å². The van der Waals surface area contributed by atoms with Crippen LogP contribution >= 0.6 is 0 Å². The molecule has 2 aliphatic heterocycles. The molecule has 2 heteroatoms. The SMILES string of the molecule is CC1CN2OC2(C)C1. The first-order valence-electron chi connectivity index (χ1n) is 3.17. The number of fused-ring (bicyclic) bond motifs is 1. The molecule has 0 aromatic heterocycles. The summed E-state index contributed by atoms with van der Waals surface area (Å²) in [4.78, 5) is 5.24. The van der Waals surface area contributed by atoms with E-state index in [9.17, 15) is 0 Å². The third kappa shape index (κ3) is 0.446. The van der Waals surface area contributed by atoms with Gasteiger partial charge < -0.3 is 0 Å². The molecular formula is C6H11NO. The van der Waals surface area contributed by atoms with Crippen LogP contribution in [0.3, 0.4) is 0 Å². The highest BCUT2D eigenvalue weighted by molar-refractivity contribution is 4.91. The first-order valence-corrected chi connectivity index (χ1v) is 3.17. The van der Waals surface area contributed by atoms with Gasteiger partial charge in [0.1, 0.15) is 0 Å². The highest BCUT2D eigenvalue weighted by atomic mass is 16.9. The molecule has 2 nitrogen and oxygen atoms in total. The van der Waals surface area contributed by atoms with Crippen molar-refractivity contribution in [3.63, 3.8) is 0 Å². The van der Waals surface area contributed by atoms with Crippen LogP contribution in [0.2, 0.25) is 0 Å². The molecule has 0 saturated carbocycles. The Morgan fingerprint density at radius 2 is 2.50 bits per heavy atom. The van der Waals surface area contributed by atoms with Gasteiger partial charge in [-0.3, -0.25) is 4.84 Å². The van der Waals surface area contributed by atoms with Crippen molar-refractivity contribution in [3.8, 4) is 0 Å². The number of hydrogen-bond acceptors (Lipinski definition) is 2. The minimum atomic E-state index is 0.166. The van der Waals surface area contributed by atoms with E-state index < -0.39 is 0 Å². The maximum atomic E-state index is 5.24. The van der Waals surface area contributed by atoms with Crippen LogP contribution in [0, 0.1) is 5.92 Å². The highest BCUT2D eigenvalue weighted by Crippen LogP contribution is 2.46. The number of rotatable bonds is 0. The van der Waals surface area contributed by atoms with Crippen molar-refractivity contribution in [2.75, 3.05) is 6.54 Å². The van der Waals surface area contributed by atoms with Crippen LogP contribution in [0.1, 0.15) is 20.3 Å². The summed E-state index contributed by atoms with van der Waals surface area (Å²) >= 11 is 0. The van der Waals surface area contributed by atoms with Crippen molar-refractivity contribution in [2.45, 2.75) is 26.0 Å². The zero-order chi connectivity index (χ0) is 5.78. The zero-order valence-corrected chi connectivity index (χ0v) is 5.35. The van der Waals surface area contributed by atoms with Gasteiger partial charge in [-0.05, 0) is 19.3 Å². The van der Waals surface area contributed by atoms with Gasteiger partial charge in [0, 0.05) is 6.54 Å². The summed E-state index contributed by atoms with van der Waals surface area (Å²) < 4.78 is 0. The van der Waals surface area contributed by atoms with Gasteiger partial charge in [0.25, 0.3) is 0 Å². The number of nitrogens with zero attached hydrogens (tertiary/aromatic N) is 1. The molecule has 3 atom stereocenters. The fraction of sp³-hybridized carbons (Fsp3) is 1.00. The lowest BCUT2D eigenvalue weighted by atomic mass is 10.1. The first kappa shape index (κ1) is 4.77. The Hall–Kier alpha value is -0.0800. The largest absolute Gasteiger partial charge is 0.272 e. The summed E-state index contributed by atoms with van der Waals surface area (Å²) in [6, 6.07) is 0. The van der Waals surface area contributed by atoms with E-state index in [1.165, 1.54) is 6.42 Å². The predicted molar refractivity (Wildman–Crippen MR) is 30.0 cm³/mol. The van der Waals surface area contributed by atoms with Crippen LogP contribution in [0.25, 0.3) is 0 Å². The molecule has 46 valence electrons. The second kappa shape index (κ2) is 1.09. The summed E-state index contributed by atoms with van der Waals surface area (Å²) in [5.74, 6) is 0.841. The third-order valence-corrected chi connectivity index (χ3v) is 2.01. The van der Waals surface area contributed by atoms with E-state index in [1.807, 2.05) is 0 Å². The molecule has 0 amide bonds. The lowest BCUT2D eigenvalue weighted by Gasteiger charge is -2.00. The van der Waals surface area contributed by atoms with Gasteiger partial charge in [0.15, 0.2) is 5.72 Å². The summed E-state index contributed by atoms with van der Waals surface area (Å²) in [6.45, 7) is 5.55. The third-order valence-electron chi connectivity index (χ3n) is 2.01. The standard InChI is InChI=1S/C6H11NO/c1-5-3-6(2)7(4-5)8-6/h5H,3-4H2,1-2H3. The van der Waals surface area contributed by atoms with Crippen LogP contribution in [-0.4, -0.2) is 17.3 Å². The van der Waals surface area contributed by atoms with Crippen LogP contribution in [0.5, 0.6) is 0 Å². The molecule has 0 N–H and O–H groups in total. The van der Waals surface area contributed by atoms with Crippen molar-refractivity contribution in [1.82, 2.24) is 5.06 Å². The number of hydrogen-bond donors (Lipinski definition) is 0. The Morgan fingerprint density at radius 1 is 1.75 bits per heavy atom. The number of hydroxylamine groups is 2. The van der Waals surface area contributed by atoms with Crippen molar-refractivity contribution < 1.29 is 4.84 Å². The molecule has 2 saturated heterocycles. The van der Waals surface area contributed by atoms with E-state index in [1.54, 1.807) is 0 Å². The van der Waals surface area contributed by atoms with Crippen LogP contribution in [0.15, 0.2) is 0 Å². The van der Waals surface area contributed by atoms with Crippen molar-refractivity contribution in [3.05, 3.63) is 0 Å². The van der Waals surface area contributed by atoms with Gasteiger partial charge in [0.05, 0.1) is 0 Å². The molecule has 2 fully saturated rings. The van der Waals surface area contributed by atoms with E-state index in [0.29, 0.717) is 0 Å². The maximum Gasteiger partial charge on any atom is 0.162 e. The van der Waals surface area contributed by atoms with Gasteiger partial charge >= 0.3 is 0 Å². The molecular weight excluding hydrogens is 102 g/mol. The Labute approximate surface area is 49.4 Å². The van der Waals surface area contributed by atoms with Crippen LogP contribution in [0.4, 0.5) is 0 Å². The van der Waals surface area contributed by atoms with Gasteiger partial charge in [0.2, 0.25) is 0 Å². The molecule has 0 radical (unpaired) electrons. The quantitative estimate of drug-likeness (QED) is 0.435. The molecule has 2 heterocycles. The van der Waals surface area contributed by atoms with Crippen molar-refractivity contribution in [1.29, 1.82) is 0 Å². The average molecular weight is 113 g/mol. The molecule has 0 spiro atoms. The summed E-state index contributed by atoms with van der Waals surface area (Å²) in [5.41, 5.74) is 0.166. The summed E-state index contributed by atoms with van der Waals surface area (Å²) in [6.07, 6.45) is 1.22. The van der Waals surface area contributed by atoms with E-state index in [2.05, 4.69) is 18.9 Å². The van der Waals surface area contributed by atoms with Gasteiger partial charge in [-0.25, -0.2) is 0 Å². The smallest absolute Gasteiger partial charge is 0.162 e. The Bertz CT molecular complexity index is 126. The van der Waals surface area contributed by atoms with Crippen LogP contribution in [-0.2, 0) is 4.84 Å². The summed E-state index contributed by atoms with van der Waals surface area (Å²) in [5, 5.41) is 2.07. The van der Waals surface area contributed by atoms with Crippen LogP contribution < -0.4 is 0 Å². The normalized spacial score (nSPS) is 60.8. The van der Waals surface area contributed by atoms with E-state index in [4.69, 9.17) is 4.84 Å². The second-order valence-electron chi connectivity index (χ2n) is 3.14. The zero-order valence-electron chi connectivity index (χ0n) is 5.35. The summed E-state index contributed by atoms with van der Waals surface area (Å²) in [7, 11) is 0. The fourth-order valence-electron chi connectivity index (χ4n) is 1.58. The van der Waals surface area contributed by atoms with Gasteiger partial charge in [-0.15, -0.1) is 0 Å². The molecule has 8 heavy (non-hydrogen) atoms. The molecule has 3 unspecified atom stereocenters. The molecule has 0 aromatic carbocycles.